The number of hydrogen-bond donors (Lipinski definition) is 2. The molecule has 0 aliphatic carbocycles. The highest BCUT2D eigenvalue weighted by Gasteiger charge is 1.85. The van der Waals surface area contributed by atoms with Gasteiger partial charge in [0.15, 0.2) is 0 Å². The molecule has 0 saturated heterocycles. The molecule has 1 aromatic rings. The predicted octanol–water partition coefficient (Wildman–Crippen LogP) is 1.95. The van der Waals surface area contributed by atoms with Gasteiger partial charge in [0.1, 0.15) is 0 Å². The second-order valence-electron chi connectivity index (χ2n) is 1.78. The van der Waals surface area contributed by atoms with Crippen LogP contribution in [0.3, 0.4) is 0 Å². The predicted molar refractivity (Wildman–Crippen MR) is 46.6 cm³/mol. The summed E-state index contributed by atoms with van der Waals surface area (Å²) in [7, 11) is 0. The van der Waals surface area contributed by atoms with Crippen molar-refractivity contribution in [2.75, 3.05) is 11.5 Å². The molecule has 0 amide bonds. The standard InChI is InChI=1S/C6H8N2.C2H3F/c7-5-3-1-2-4-6(5)8;1-2-3/h1-4H,7-8H2;2H,1H2. The van der Waals surface area contributed by atoms with Crippen molar-refractivity contribution in [2.24, 2.45) is 0 Å². The van der Waals surface area contributed by atoms with Crippen molar-refractivity contribution in [3.8, 4) is 0 Å². The molecule has 11 heavy (non-hydrogen) atoms. The Balaban J connectivity index is 0.000000292. The van der Waals surface area contributed by atoms with Gasteiger partial charge in [0.25, 0.3) is 0 Å². The van der Waals surface area contributed by atoms with E-state index in [0.717, 1.165) is 0 Å². The second-order valence-corrected chi connectivity index (χ2v) is 1.78. The van der Waals surface area contributed by atoms with E-state index in [1.165, 1.54) is 0 Å². The third kappa shape index (κ3) is 3.97. The molecule has 0 aromatic heterocycles. The molecule has 0 bridgehead atoms. The number of benzene rings is 1. The van der Waals surface area contributed by atoms with Crippen LogP contribution in [0.5, 0.6) is 0 Å². The molecule has 0 atom stereocenters. The maximum Gasteiger partial charge on any atom is 0.0795 e. The maximum atomic E-state index is 10.1. The van der Waals surface area contributed by atoms with Gasteiger partial charge in [-0.05, 0) is 12.1 Å². The van der Waals surface area contributed by atoms with E-state index in [4.69, 9.17) is 11.5 Å². The molecule has 0 spiro atoms. The molecule has 4 N–H and O–H groups in total. The van der Waals surface area contributed by atoms with Gasteiger partial charge in [-0.1, -0.05) is 18.7 Å². The lowest BCUT2D eigenvalue weighted by Crippen LogP contribution is -1.91. The number of nitrogens with two attached hydrogens (primary N) is 2. The Hall–Kier alpha value is -1.51. The minimum Gasteiger partial charge on any atom is -0.397 e. The van der Waals surface area contributed by atoms with Gasteiger partial charge in [-0.2, -0.15) is 0 Å². The van der Waals surface area contributed by atoms with Crippen LogP contribution in [-0.2, 0) is 0 Å². The van der Waals surface area contributed by atoms with E-state index in [-0.39, 0.29) is 6.33 Å². The van der Waals surface area contributed by atoms with E-state index in [0.29, 0.717) is 11.4 Å². The Morgan fingerprint density at radius 3 is 1.64 bits per heavy atom. The third-order valence-corrected chi connectivity index (χ3v) is 0.996. The summed E-state index contributed by atoms with van der Waals surface area (Å²) in [6.07, 6.45) is 0.250. The topological polar surface area (TPSA) is 52.0 Å². The first-order valence-corrected chi connectivity index (χ1v) is 3.03. The molecule has 2 nitrogen and oxygen atoms in total. The minimum atomic E-state index is 0.250. The number of hydrogen-bond acceptors (Lipinski definition) is 2. The van der Waals surface area contributed by atoms with Gasteiger partial charge in [-0.3, -0.25) is 0 Å². The van der Waals surface area contributed by atoms with Crippen molar-refractivity contribution in [1.29, 1.82) is 0 Å². The van der Waals surface area contributed by atoms with E-state index in [1.54, 1.807) is 12.1 Å². The third-order valence-electron chi connectivity index (χ3n) is 0.996. The van der Waals surface area contributed by atoms with Gasteiger partial charge in [0.2, 0.25) is 0 Å². The first-order chi connectivity index (χ1) is 5.22. The zero-order chi connectivity index (χ0) is 8.69. The Kier molecular flexibility index (Phi) is 4.56. The molecule has 0 fully saturated rings. The van der Waals surface area contributed by atoms with Crippen molar-refractivity contribution in [1.82, 2.24) is 0 Å². The van der Waals surface area contributed by atoms with Crippen LogP contribution in [0.2, 0.25) is 0 Å². The normalized spacial score (nSPS) is 7.73. The Morgan fingerprint density at radius 2 is 1.45 bits per heavy atom. The number of nitrogen functional groups attached to an aromatic ring is 2. The summed E-state index contributed by atoms with van der Waals surface area (Å²) in [5.74, 6) is 0. The summed E-state index contributed by atoms with van der Waals surface area (Å²) >= 11 is 0. The zero-order valence-electron chi connectivity index (χ0n) is 6.13. The second kappa shape index (κ2) is 5.29. The van der Waals surface area contributed by atoms with Gasteiger partial charge in [0, 0.05) is 0 Å². The summed E-state index contributed by atoms with van der Waals surface area (Å²) < 4.78 is 10.1. The van der Waals surface area contributed by atoms with Crippen LogP contribution >= 0.6 is 0 Å². The average molecular weight is 154 g/mol. The maximum absolute atomic E-state index is 10.1. The minimum absolute atomic E-state index is 0.250. The first kappa shape index (κ1) is 9.49. The quantitative estimate of drug-likeness (QED) is 0.561. The van der Waals surface area contributed by atoms with Crippen LogP contribution in [0.15, 0.2) is 37.2 Å². The van der Waals surface area contributed by atoms with Crippen molar-refractivity contribution in [2.45, 2.75) is 0 Å². The highest BCUT2D eigenvalue weighted by Crippen LogP contribution is 2.10. The summed E-state index contributed by atoms with van der Waals surface area (Å²) in [4.78, 5) is 0. The largest absolute Gasteiger partial charge is 0.397 e. The molecule has 0 saturated carbocycles. The number of para-hydroxylation sites is 2. The average Bonchev–Trinajstić information content (AvgIpc) is 1.97. The van der Waals surface area contributed by atoms with E-state index >= 15 is 0 Å². The molecule has 60 valence electrons. The van der Waals surface area contributed by atoms with Crippen LogP contribution in [0.25, 0.3) is 0 Å². The van der Waals surface area contributed by atoms with Crippen molar-refractivity contribution in [3.63, 3.8) is 0 Å². The molecule has 0 heterocycles. The van der Waals surface area contributed by atoms with E-state index in [2.05, 4.69) is 6.58 Å². The molecular weight excluding hydrogens is 143 g/mol. The van der Waals surface area contributed by atoms with Gasteiger partial charge in [-0.15, -0.1) is 0 Å². The molecule has 0 unspecified atom stereocenters. The van der Waals surface area contributed by atoms with E-state index in [1.807, 2.05) is 12.1 Å². The summed E-state index contributed by atoms with van der Waals surface area (Å²) in [5.41, 5.74) is 12.1. The van der Waals surface area contributed by atoms with Crippen LogP contribution < -0.4 is 11.5 Å². The highest BCUT2D eigenvalue weighted by atomic mass is 19.1. The van der Waals surface area contributed by atoms with E-state index in [9.17, 15) is 4.39 Å². The van der Waals surface area contributed by atoms with Crippen LogP contribution in [0.4, 0.5) is 15.8 Å². The lowest BCUT2D eigenvalue weighted by Gasteiger charge is -1.94. The lowest BCUT2D eigenvalue weighted by molar-refractivity contribution is 0.725. The smallest absolute Gasteiger partial charge is 0.0795 e. The Labute approximate surface area is 65.3 Å². The number of halogens is 1. The van der Waals surface area contributed by atoms with Gasteiger partial charge in [0.05, 0.1) is 17.7 Å². The molecule has 3 heteroatoms. The molecule has 0 aliphatic heterocycles. The first-order valence-electron chi connectivity index (χ1n) is 3.03. The Bertz CT molecular complexity index is 202. The van der Waals surface area contributed by atoms with Crippen molar-refractivity contribution in [3.05, 3.63) is 37.2 Å². The number of rotatable bonds is 0. The fourth-order valence-corrected chi connectivity index (χ4v) is 0.511. The fraction of sp³-hybridized carbons (Fsp3) is 0. The molecule has 0 aliphatic rings. The Morgan fingerprint density at radius 1 is 1.18 bits per heavy atom. The fourth-order valence-electron chi connectivity index (χ4n) is 0.511. The molecule has 1 rings (SSSR count). The molecule has 0 radical (unpaired) electrons. The zero-order valence-corrected chi connectivity index (χ0v) is 6.13. The summed E-state index contributed by atoms with van der Waals surface area (Å²) in [6.45, 7) is 2.69. The van der Waals surface area contributed by atoms with Gasteiger partial charge >= 0.3 is 0 Å². The summed E-state index contributed by atoms with van der Waals surface area (Å²) in [5, 5.41) is 0. The highest BCUT2D eigenvalue weighted by molar-refractivity contribution is 5.62. The lowest BCUT2D eigenvalue weighted by atomic mass is 10.3. The van der Waals surface area contributed by atoms with Crippen molar-refractivity contribution < 1.29 is 4.39 Å². The summed E-state index contributed by atoms with van der Waals surface area (Å²) in [6, 6.07) is 7.25. The van der Waals surface area contributed by atoms with Crippen molar-refractivity contribution >= 4 is 11.4 Å². The number of anilines is 2. The van der Waals surface area contributed by atoms with Gasteiger partial charge < -0.3 is 11.5 Å². The van der Waals surface area contributed by atoms with E-state index < -0.39 is 0 Å². The SMILES string of the molecule is C=CF.Nc1ccccc1N. The molecule has 1 aromatic carbocycles. The van der Waals surface area contributed by atoms with Gasteiger partial charge in [-0.25, -0.2) is 4.39 Å². The van der Waals surface area contributed by atoms with Crippen LogP contribution in [-0.4, -0.2) is 0 Å². The molecular formula is C8H11FN2. The van der Waals surface area contributed by atoms with Crippen LogP contribution in [0.1, 0.15) is 0 Å². The van der Waals surface area contributed by atoms with Crippen LogP contribution in [0, 0.1) is 0 Å². The monoisotopic (exact) mass is 154 g/mol.